The molecule has 0 spiro atoms. The van der Waals surface area contributed by atoms with Gasteiger partial charge in [0.15, 0.2) is 0 Å². The van der Waals surface area contributed by atoms with Crippen LogP contribution in [0.5, 0.6) is 0 Å². The van der Waals surface area contributed by atoms with Gasteiger partial charge in [-0.1, -0.05) is 18.2 Å². The van der Waals surface area contributed by atoms with E-state index in [-0.39, 0.29) is 0 Å². The summed E-state index contributed by atoms with van der Waals surface area (Å²) in [4.78, 5) is 8.70. The van der Waals surface area contributed by atoms with E-state index in [1.54, 1.807) is 0 Å². The van der Waals surface area contributed by atoms with Gasteiger partial charge in [-0.15, -0.1) is 11.3 Å². The van der Waals surface area contributed by atoms with Crippen LogP contribution in [0.3, 0.4) is 0 Å². The van der Waals surface area contributed by atoms with Gasteiger partial charge in [0.05, 0.1) is 17.2 Å². The van der Waals surface area contributed by atoms with Crippen molar-refractivity contribution in [3.8, 4) is 0 Å². The number of para-hydroxylation sites is 1. The number of aromatic nitrogens is 1. The van der Waals surface area contributed by atoms with E-state index in [1.165, 1.54) is 21.3 Å². The molecular weight excluding hydrogens is 266 g/mol. The van der Waals surface area contributed by atoms with Gasteiger partial charge < -0.3 is 10.6 Å². The first-order valence-electron chi connectivity index (χ1n) is 7.34. The van der Waals surface area contributed by atoms with E-state index in [2.05, 4.69) is 35.2 Å². The van der Waals surface area contributed by atoms with Gasteiger partial charge in [0.1, 0.15) is 0 Å². The van der Waals surface area contributed by atoms with Crippen LogP contribution in [0.4, 0.5) is 5.69 Å². The second kappa shape index (κ2) is 6.37. The molecule has 1 aromatic carbocycles. The van der Waals surface area contributed by atoms with E-state index >= 15 is 0 Å². The molecule has 0 amide bonds. The molecule has 1 aliphatic rings. The van der Waals surface area contributed by atoms with E-state index < -0.39 is 0 Å². The topological polar surface area (TPSA) is 42.1 Å². The highest BCUT2D eigenvalue weighted by Crippen LogP contribution is 2.28. The third-order valence-corrected chi connectivity index (χ3v) is 4.88. The number of aryl methyl sites for hydroxylation is 1. The predicted octanol–water partition coefficient (Wildman–Crippen LogP) is 2.99. The Morgan fingerprint density at radius 1 is 1.20 bits per heavy atom. The van der Waals surface area contributed by atoms with Gasteiger partial charge in [0.2, 0.25) is 0 Å². The summed E-state index contributed by atoms with van der Waals surface area (Å²) in [5.74, 6) is 0. The van der Waals surface area contributed by atoms with E-state index in [0.29, 0.717) is 0 Å². The van der Waals surface area contributed by atoms with E-state index in [0.717, 1.165) is 45.3 Å². The molecule has 0 aliphatic carbocycles. The van der Waals surface area contributed by atoms with Crippen molar-refractivity contribution in [1.82, 2.24) is 4.98 Å². The predicted molar refractivity (Wildman–Crippen MR) is 85.3 cm³/mol. The Kier molecular flexibility index (Phi) is 4.33. The molecule has 2 aromatic rings. The first-order chi connectivity index (χ1) is 9.86. The molecule has 0 bridgehead atoms. The highest BCUT2D eigenvalue weighted by molar-refractivity contribution is 7.11. The van der Waals surface area contributed by atoms with Crippen molar-refractivity contribution in [2.45, 2.75) is 32.2 Å². The van der Waals surface area contributed by atoms with Crippen molar-refractivity contribution in [3.63, 3.8) is 0 Å². The minimum Gasteiger partial charge on any atom is -0.366 e. The maximum Gasteiger partial charge on any atom is 0.0931 e. The smallest absolute Gasteiger partial charge is 0.0931 e. The molecule has 0 unspecified atom stereocenters. The lowest BCUT2D eigenvalue weighted by atomic mass is 10.1. The number of nitrogens with zero attached hydrogens (tertiary/aromatic N) is 2. The number of benzene rings is 1. The van der Waals surface area contributed by atoms with E-state index in [4.69, 9.17) is 10.7 Å². The summed E-state index contributed by atoms with van der Waals surface area (Å²) in [6, 6.07) is 10.7. The molecule has 106 valence electrons. The molecule has 2 heterocycles. The molecule has 20 heavy (non-hydrogen) atoms. The molecule has 3 nitrogen and oxygen atoms in total. The monoisotopic (exact) mass is 287 g/mol. The molecule has 1 aliphatic heterocycles. The molecule has 0 saturated carbocycles. The van der Waals surface area contributed by atoms with Gasteiger partial charge in [-0.2, -0.15) is 0 Å². The second-order valence-corrected chi connectivity index (χ2v) is 6.40. The van der Waals surface area contributed by atoms with Crippen LogP contribution in [0, 0.1) is 0 Å². The van der Waals surface area contributed by atoms with Crippen LogP contribution < -0.4 is 10.6 Å². The fourth-order valence-electron chi connectivity index (χ4n) is 2.64. The van der Waals surface area contributed by atoms with Crippen LogP contribution in [0.1, 0.15) is 28.4 Å². The van der Waals surface area contributed by atoms with Crippen molar-refractivity contribution < 1.29 is 0 Å². The van der Waals surface area contributed by atoms with Crippen molar-refractivity contribution in [1.29, 1.82) is 0 Å². The molecule has 0 fully saturated rings. The first-order valence-corrected chi connectivity index (χ1v) is 8.16. The Bertz CT molecular complexity index is 550. The number of nitrogens with two attached hydrogens (primary N) is 1. The largest absolute Gasteiger partial charge is 0.366 e. The summed E-state index contributed by atoms with van der Waals surface area (Å²) in [6.07, 6.45) is 4.41. The average Bonchev–Trinajstić information content (AvgIpc) is 2.90. The number of fused-ring (bicyclic) bond motifs is 1. The maximum absolute atomic E-state index is 5.55. The Labute approximate surface area is 124 Å². The lowest BCUT2D eigenvalue weighted by Crippen LogP contribution is -2.29. The molecule has 4 heteroatoms. The van der Waals surface area contributed by atoms with E-state index in [9.17, 15) is 0 Å². The lowest BCUT2D eigenvalue weighted by molar-refractivity contribution is 0.716. The van der Waals surface area contributed by atoms with Crippen molar-refractivity contribution in [2.75, 3.05) is 18.0 Å². The molecule has 2 N–H and O–H groups in total. The fraction of sp³-hybridized carbons (Fsp3) is 0.438. The number of rotatable bonds is 5. The molecular formula is C16H21N3S. The minimum absolute atomic E-state index is 0.785. The van der Waals surface area contributed by atoms with Gasteiger partial charge in [-0.3, -0.25) is 0 Å². The maximum atomic E-state index is 5.55. The zero-order valence-corrected chi connectivity index (χ0v) is 12.5. The molecule has 0 radical (unpaired) electrons. The third-order valence-electron chi connectivity index (χ3n) is 3.74. The van der Waals surface area contributed by atoms with Gasteiger partial charge in [-0.25, -0.2) is 4.98 Å². The van der Waals surface area contributed by atoms with Gasteiger partial charge in [-0.05, 0) is 37.9 Å². The first kappa shape index (κ1) is 13.6. The summed E-state index contributed by atoms with van der Waals surface area (Å²) in [6.45, 7) is 2.86. The lowest BCUT2D eigenvalue weighted by Gasteiger charge is -2.28. The van der Waals surface area contributed by atoms with Crippen molar-refractivity contribution >= 4 is 17.0 Å². The van der Waals surface area contributed by atoms with Crippen LogP contribution in [-0.4, -0.2) is 18.1 Å². The zero-order chi connectivity index (χ0) is 13.8. The minimum atomic E-state index is 0.785. The van der Waals surface area contributed by atoms with Crippen LogP contribution in [0.25, 0.3) is 0 Å². The Morgan fingerprint density at radius 2 is 2.05 bits per heavy atom. The van der Waals surface area contributed by atoms with Crippen molar-refractivity contribution in [3.05, 3.63) is 45.9 Å². The standard InChI is InChI=1S/C16H21N3S/c17-10-5-4-8-16-18-14-9-11-19(12-15(14)20-16)13-6-2-1-3-7-13/h1-3,6-7H,4-5,8-12,17H2. The quantitative estimate of drug-likeness (QED) is 0.860. The van der Waals surface area contributed by atoms with Crippen LogP contribution >= 0.6 is 11.3 Å². The fourth-order valence-corrected chi connectivity index (χ4v) is 3.81. The second-order valence-electron chi connectivity index (χ2n) is 5.23. The summed E-state index contributed by atoms with van der Waals surface area (Å²) >= 11 is 1.89. The Balaban J connectivity index is 1.68. The normalized spacial score (nSPS) is 14.3. The molecule has 0 atom stereocenters. The number of hydrogen-bond donors (Lipinski definition) is 1. The summed E-state index contributed by atoms with van der Waals surface area (Å²) < 4.78 is 0. The number of unbranched alkanes of at least 4 members (excludes halogenated alkanes) is 1. The van der Waals surface area contributed by atoms with Crippen LogP contribution in [0.15, 0.2) is 30.3 Å². The van der Waals surface area contributed by atoms with Crippen LogP contribution in [0.2, 0.25) is 0 Å². The van der Waals surface area contributed by atoms with Gasteiger partial charge >= 0.3 is 0 Å². The average molecular weight is 287 g/mol. The number of anilines is 1. The van der Waals surface area contributed by atoms with Crippen molar-refractivity contribution in [2.24, 2.45) is 5.73 Å². The summed E-state index contributed by atoms with van der Waals surface area (Å²) in [5, 5.41) is 1.29. The molecule has 3 rings (SSSR count). The highest BCUT2D eigenvalue weighted by atomic mass is 32.1. The number of thiazole rings is 1. The van der Waals surface area contributed by atoms with Gasteiger partial charge in [0.25, 0.3) is 0 Å². The molecule has 1 aromatic heterocycles. The van der Waals surface area contributed by atoms with E-state index in [1.807, 2.05) is 11.3 Å². The highest BCUT2D eigenvalue weighted by Gasteiger charge is 2.20. The third kappa shape index (κ3) is 3.02. The summed E-state index contributed by atoms with van der Waals surface area (Å²) in [5.41, 5.74) is 8.19. The number of hydrogen-bond acceptors (Lipinski definition) is 4. The summed E-state index contributed by atoms with van der Waals surface area (Å²) in [7, 11) is 0. The Morgan fingerprint density at radius 3 is 2.85 bits per heavy atom. The van der Waals surface area contributed by atoms with Gasteiger partial charge in [0, 0.05) is 23.5 Å². The molecule has 0 saturated heterocycles. The SMILES string of the molecule is NCCCCc1nc2c(s1)CN(c1ccccc1)CC2. The zero-order valence-electron chi connectivity index (χ0n) is 11.7. The Hall–Kier alpha value is -1.39. The van der Waals surface area contributed by atoms with Crippen LogP contribution in [-0.2, 0) is 19.4 Å².